The number of nitrogens with two attached hydrogens (primary N) is 1. The van der Waals surface area contributed by atoms with Gasteiger partial charge in [0.05, 0.1) is 12.7 Å². The minimum Gasteiger partial charge on any atom is -0.496 e. The van der Waals surface area contributed by atoms with Gasteiger partial charge in [-0.3, -0.25) is 4.79 Å². The van der Waals surface area contributed by atoms with E-state index in [1.165, 1.54) is 7.11 Å². The molecule has 1 aromatic heterocycles. The number of rotatable bonds is 3. The molecule has 0 saturated carbocycles. The molecule has 0 unspecified atom stereocenters. The van der Waals surface area contributed by atoms with Crippen LogP contribution in [-0.4, -0.2) is 18.0 Å². The number of anilines is 2. The van der Waals surface area contributed by atoms with Gasteiger partial charge in [-0.1, -0.05) is 0 Å². The van der Waals surface area contributed by atoms with Crippen LogP contribution in [0.25, 0.3) is 0 Å². The van der Waals surface area contributed by atoms with E-state index in [0.29, 0.717) is 22.8 Å². The van der Waals surface area contributed by atoms with Crippen molar-refractivity contribution >= 4 is 33.3 Å². The van der Waals surface area contributed by atoms with Crippen molar-refractivity contribution in [3.8, 4) is 5.75 Å². The van der Waals surface area contributed by atoms with Crippen LogP contribution in [0.3, 0.4) is 0 Å². The highest BCUT2D eigenvalue weighted by Gasteiger charge is 2.13. The molecule has 2 aromatic rings. The Hall–Kier alpha value is -2.08. The smallest absolute Gasteiger partial charge is 0.260 e. The number of nitrogens with one attached hydrogen (secondary N) is 1. The maximum Gasteiger partial charge on any atom is 0.260 e. The zero-order valence-corrected chi connectivity index (χ0v) is 12.7. The van der Waals surface area contributed by atoms with Crippen LogP contribution in [0.4, 0.5) is 11.5 Å². The number of nitrogens with zero attached hydrogens (tertiary/aromatic N) is 1. The number of benzene rings is 1. The molecule has 0 radical (unpaired) electrons. The number of hydrogen-bond acceptors (Lipinski definition) is 4. The molecule has 0 aliphatic carbocycles. The number of nitrogen functional groups attached to an aromatic ring is 1. The topological polar surface area (TPSA) is 77.2 Å². The number of pyridine rings is 1. The van der Waals surface area contributed by atoms with Crippen molar-refractivity contribution in [1.82, 2.24) is 4.98 Å². The first-order valence-electron chi connectivity index (χ1n) is 5.88. The number of amides is 1. The van der Waals surface area contributed by atoms with E-state index in [1.807, 2.05) is 6.92 Å². The molecule has 2 rings (SSSR count). The van der Waals surface area contributed by atoms with Crippen LogP contribution in [-0.2, 0) is 0 Å². The molecule has 0 bridgehead atoms. The predicted molar refractivity (Wildman–Crippen MR) is 82.0 cm³/mol. The Labute approximate surface area is 125 Å². The number of carbonyl (C=O) groups excluding carboxylic acids is 1. The molecule has 1 heterocycles. The van der Waals surface area contributed by atoms with Gasteiger partial charge in [0, 0.05) is 16.4 Å². The fraction of sp³-hybridized carbons (Fsp3) is 0.143. The summed E-state index contributed by atoms with van der Waals surface area (Å²) < 4.78 is 6.04. The summed E-state index contributed by atoms with van der Waals surface area (Å²) in [6.45, 7) is 1.92. The quantitative estimate of drug-likeness (QED) is 0.845. The van der Waals surface area contributed by atoms with E-state index in [2.05, 4.69) is 26.2 Å². The maximum atomic E-state index is 12.2. The third-order valence-corrected chi connectivity index (χ3v) is 3.59. The van der Waals surface area contributed by atoms with Crippen molar-refractivity contribution in [3.63, 3.8) is 0 Å². The molecule has 20 heavy (non-hydrogen) atoms. The summed E-state index contributed by atoms with van der Waals surface area (Å²) in [6.07, 6.45) is 1.64. The molecular weight excluding hydrogens is 322 g/mol. The summed E-state index contributed by atoms with van der Waals surface area (Å²) >= 11 is 3.36. The molecule has 0 aliphatic heterocycles. The SMILES string of the molecule is COc1ccc(N)cc1C(=O)Nc1cc(C)c(Br)cn1. The number of halogens is 1. The monoisotopic (exact) mass is 335 g/mol. The van der Waals surface area contributed by atoms with Gasteiger partial charge in [-0.2, -0.15) is 0 Å². The van der Waals surface area contributed by atoms with Gasteiger partial charge in [-0.25, -0.2) is 4.98 Å². The van der Waals surface area contributed by atoms with Crippen LogP contribution in [0.15, 0.2) is 34.9 Å². The van der Waals surface area contributed by atoms with E-state index in [1.54, 1.807) is 30.5 Å². The summed E-state index contributed by atoms with van der Waals surface area (Å²) in [5.41, 5.74) is 7.55. The van der Waals surface area contributed by atoms with Crippen LogP contribution < -0.4 is 15.8 Å². The van der Waals surface area contributed by atoms with Crippen LogP contribution in [0, 0.1) is 6.92 Å². The second kappa shape index (κ2) is 5.92. The zero-order valence-electron chi connectivity index (χ0n) is 11.1. The van der Waals surface area contributed by atoms with Gasteiger partial charge < -0.3 is 15.8 Å². The van der Waals surface area contributed by atoms with E-state index in [4.69, 9.17) is 10.5 Å². The Kier molecular flexibility index (Phi) is 4.24. The lowest BCUT2D eigenvalue weighted by Gasteiger charge is -2.10. The normalized spacial score (nSPS) is 10.2. The predicted octanol–water partition coefficient (Wildman–Crippen LogP) is 3.00. The minimum absolute atomic E-state index is 0.316. The molecule has 104 valence electrons. The first-order valence-corrected chi connectivity index (χ1v) is 6.67. The molecule has 6 heteroatoms. The molecular formula is C14H14BrN3O2. The number of aryl methyl sites for hydroxylation is 1. The second-order valence-corrected chi connectivity index (χ2v) is 5.09. The largest absolute Gasteiger partial charge is 0.496 e. The van der Waals surface area contributed by atoms with E-state index in [0.717, 1.165) is 10.0 Å². The zero-order chi connectivity index (χ0) is 14.7. The van der Waals surface area contributed by atoms with E-state index in [-0.39, 0.29) is 5.91 Å². The maximum absolute atomic E-state index is 12.2. The van der Waals surface area contributed by atoms with Crippen molar-refractivity contribution < 1.29 is 9.53 Å². The van der Waals surface area contributed by atoms with Gasteiger partial charge in [-0.15, -0.1) is 0 Å². The van der Waals surface area contributed by atoms with Gasteiger partial charge in [0.25, 0.3) is 5.91 Å². The summed E-state index contributed by atoms with van der Waals surface area (Å²) in [6, 6.07) is 6.68. The average Bonchev–Trinajstić information content (AvgIpc) is 2.43. The highest BCUT2D eigenvalue weighted by molar-refractivity contribution is 9.10. The van der Waals surface area contributed by atoms with Gasteiger partial charge >= 0.3 is 0 Å². The Morgan fingerprint density at radius 2 is 2.15 bits per heavy atom. The molecule has 3 N–H and O–H groups in total. The molecule has 1 amide bonds. The standard InChI is InChI=1S/C14H14BrN3O2/c1-8-5-13(17-7-11(8)15)18-14(19)10-6-9(16)3-4-12(10)20-2/h3-7H,16H2,1-2H3,(H,17,18,19). The van der Waals surface area contributed by atoms with Crippen LogP contribution in [0.5, 0.6) is 5.75 Å². The van der Waals surface area contributed by atoms with Crippen LogP contribution >= 0.6 is 15.9 Å². The Balaban J connectivity index is 2.27. The van der Waals surface area contributed by atoms with Crippen molar-refractivity contribution in [3.05, 3.63) is 46.1 Å². The summed E-state index contributed by atoms with van der Waals surface area (Å²) in [4.78, 5) is 16.4. The van der Waals surface area contributed by atoms with Crippen molar-refractivity contribution in [1.29, 1.82) is 0 Å². The third-order valence-electron chi connectivity index (χ3n) is 2.76. The fourth-order valence-corrected chi connectivity index (χ4v) is 1.91. The summed E-state index contributed by atoms with van der Waals surface area (Å²) in [7, 11) is 1.50. The highest BCUT2D eigenvalue weighted by atomic mass is 79.9. The van der Waals surface area contributed by atoms with Crippen molar-refractivity contribution in [2.24, 2.45) is 0 Å². The first kappa shape index (κ1) is 14.3. The van der Waals surface area contributed by atoms with Gasteiger partial charge in [0.1, 0.15) is 11.6 Å². The van der Waals surface area contributed by atoms with E-state index in [9.17, 15) is 4.79 Å². The molecule has 0 fully saturated rings. The number of carbonyl (C=O) groups is 1. The Bertz CT molecular complexity index is 659. The number of hydrogen-bond donors (Lipinski definition) is 2. The minimum atomic E-state index is -0.316. The van der Waals surface area contributed by atoms with Crippen LogP contribution in [0.2, 0.25) is 0 Å². The van der Waals surface area contributed by atoms with E-state index < -0.39 is 0 Å². The van der Waals surface area contributed by atoms with Crippen molar-refractivity contribution in [2.45, 2.75) is 6.92 Å². The van der Waals surface area contributed by atoms with Gasteiger partial charge in [-0.05, 0) is 52.7 Å². The Morgan fingerprint density at radius 3 is 2.80 bits per heavy atom. The molecule has 0 atom stereocenters. The van der Waals surface area contributed by atoms with Crippen LogP contribution in [0.1, 0.15) is 15.9 Å². The van der Waals surface area contributed by atoms with Gasteiger partial charge in [0.2, 0.25) is 0 Å². The fourth-order valence-electron chi connectivity index (χ4n) is 1.69. The Morgan fingerprint density at radius 1 is 1.40 bits per heavy atom. The summed E-state index contributed by atoms with van der Waals surface area (Å²) in [5, 5.41) is 2.72. The lowest BCUT2D eigenvalue weighted by Crippen LogP contribution is -2.14. The molecule has 1 aromatic carbocycles. The molecule has 0 aliphatic rings. The number of ether oxygens (including phenoxy) is 1. The first-order chi connectivity index (χ1) is 9.51. The third kappa shape index (κ3) is 3.08. The summed E-state index contributed by atoms with van der Waals surface area (Å²) in [5.74, 6) is 0.620. The molecule has 0 saturated heterocycles. The number of methoxy groups -OCH3 is 1. The van der Waals surface area contributed by atoms with Gasteiger partial charge in [0.15, 0.2) is 0 Å². The van der Waals surface area contributed by atoms with Crippen molar-refractivity contribution in [2.75, 3.05) is 18.2 Å². The van der Waals surface area contributed by atoms with E-state index >= 15 is 0 Å². The molecule has 5 nitrogen and oxygen atoms in total. The lowest BCUT2D eigenvalue weighted by molar-refractivity contribution is 0.102. The highest BCUT2D eigenvalue weighted by Crippen LogP contribution is 2.23. The second-order valence-electron chi connectivity index (χ2n) is 4.23. The molecule has 0 spiro atoms. The lowest BCUT2D eigenvalue weighted by atomic mass is 10.1. The number of aromatic nitrogens is 1. The average molecular weight is 336 g/mol.